The van der Waals surface area contributed by atoms with E-state index in [-0.39, 0.29) is 17.9 Å². The molecule has 62 valence electrons. The summed E-state index contributed by atoms with van der Waals surface area (Å²) in [5.74, 6) is 0.661. The van der Waals surface area contributed by atoms with Crippen molar-refractivity contribution in [3.05, 3.63) is 0 Å². The zero-order chi connectivity index (χ0) is 8.22. The summed E-state index contributed by atoms with van der Waals surface area (Å²) in [7, 11) is 0. The Hall–Kier alpha value is 0.0500. The van der Waals surface area contributed by atoms with Crippen LogP contribution in [0.25, 0.3) is 0 Å². The maximum absolute atomic E-state index is 11.0. The van der Waals surface area contributed by atoms with Gasteiger partial charge in [-0.15, -0.1) is 0 Å². The van der Waals surface area contributed by atoms with Crippen LogP contribution in [0.5, 0.6) is 0 Å². The number of fused-ring (bicyclic) bond motifs is 1. The van der Waals surface area contributed by atoms with Crippen LogP contribution in [0.3, 0.4) is 0 Å². The highest BCUT2D eigenvalue weighted by atomic mass is 35.5. The minimum absolute atomic E-state index is 0.00193. The average Bonchev–Trinajstić information content (AvgIpc) is 2.34. The summed E-state index contributed by atoms with van der Waals surface area (Å²) >= 11 is 11.8. The van der Waals surface area contributed by atoms with Gasteiger partial charge in [0.2, 0.25) is 5.91 Å². The first-order valence-electron chi connectivity index (χ1n) is 3.70. The van der Waals surface area contributed by atoms with Gasteiger partial charge < -0.3 is 5.32 Å². The molecular weight excluding hydrogens is 185 g/mol. The molecule has 0 aromatic carbocycles. The number of halogens is 2. The zero-order valence-corrected chi connectivity index (χ0v) is 7.62. The Morgan fingerprint density at radius 2 is 2.27 bits per heavy atom. The highest BCUT2D eigenvalue weighted by Gasteiger charge is 2.67. The monoisotopic (exact) mass is 193 g/mol. The maximum atomic E-state index is 11.0. The van der Waals surface area contributed by atoms with Crippen LogP contribution in [0.4, 0.5) is 0 Å². The van der Waals surface area contributed by atoms with Gasteiger partial charge in [-0.2, -0.15) is 0 Å². The third kappa shape index (κ3) is 0.960. The van der Waals surface area contributed by atoms with E-state index >= 15 is 0 Å². The number of carbonyl (C=O) groups is 1. The van der Waals surface area contributed by atoms with E-state index in [1.165, 1.54) is 0 Å². The number of piperidine rings is 1. The standard InChI is InChI=1S/C7H9Cl2NO/c1-3-2-4(11)10-6-5(3)7(6,8)9/h3,5-6H,2H2,1H3,(H,10,11)/t3?,5-,6-/m0/s1. The molecule has 0 spiro atoms. The van der Waals surface area contributed by atoms with E-state index in [9.17, 15) is 4.79 Å². The van der Waals surface area contributed by atoms with Gasteiger partial charge in [0.1, 0.15) is 4.33 Å². The molecule has 3 atom stereocenters. The molecule has 11 heavy (non-hydrogen) atoms. The van der Waals surface area contributed by atoms with Crippen LogP contribution in [-0.4, -0.2) is 16.3 Å². The van der Waals surface area contributed by atoms with Crippen LogP contribution < -0.4 is 5.32 Å². The Balaban J connectivity index is 2.17. The fourth-order valence-corrected chi connectivity index (χ4v) is 2.83. The number of carbonyl (C=O) groups excluding carboxylic acids is 1. The zero-order valence-electron chi connectivity index (χ0n) is 6.10. The van der Waals surface area contributed by atoms with Crippen molar-refractivity contribution in [3.8, 4) is 0 Å². The van der Waals surface area contributed by atoms with Gasteiger partial charge in [0.05, 0.1) is 6.04 Å². The first kappa shape index (κ1) is 7.69. The molecule has 0 bridgehead atoms. The summed E-state index contributed by atoms with van der Waals surface area (Å²) in [6, 6.07) is 0.00193. The van der Waals surface area contributed by atoms with Crippen molar-refractivity contribution >= 4 is 29.1 Å². The molecule has 0 aromatic heterocycles. The quantitative estimate of drug-likeness (QED) is 0.579. The molecule has 1 heterocycles. The van der Waals surface area contributed by atoms with Crippen LogP contribution >= 0.6 is 23.2 Å². The van der Waals surface area contributed by atoms with Crippen LogP contribution in [0, 0.1) is 11.8 Å². The molecule has 2 rings (SSSR count). The minimum Gasteiger partial charge on any atom is -0.350 e. The van der Waals surface area contributed by atoms with E-state index < -0.39 is 4.33 Å². The molecule has 2 fully saturated rings. The molecule has 1 amide bonds. The smallest absolute Gasteiger partial charge is 0.220 e. The van der Waals surface area contributed by atoms with Gasteiger partial charge in [-0.05, 0) is 5.92 Å². The number of rotatable bonds is 0. The number of hydrogen-bond acceptors (Lipinski definition) is 1. The van der Waals surface area contributed by atoms with Crippen LogP contribution in [0.15, 0.2) is 0 Å². The molecule has 1 aliphatic heterocycles. The first-order chi connectivity index (χ1) is 5.03. The lowest BCUT2D eigenvalue weighted by atomic mass is 9.99. The van der Waals surface area contributed by atoms with E-state index in [0.29, 0.717) is 12.3 Å². The Kier molecular flexibility index (Phi) is 1.43. The Bertz CT molecular complexity index is 216. The minimum atomic E-state index is -0.689. The second-order valence-corrected chi connectivity index (χ2v) is 4.87. The number of alkyl halides is 2. The van der Waals surface area contributed by atoms with E-state index in [2.05, 4.69) is 5.32 Å². The highest BCUT2D eigenvalue weighted by Crippen LogP contribution is 2.59. The van der Waals surface area contributed by atoms with Crippen molar-refractivity contribution in [2.45, 2.75) is 23.7 Å². The van der Waals surface area contributed by atoms with Gasteiger partial charge in [0, 0.05) is 12.3 Å². The molecule has 1 unspecified atom stereocenters. The van der Waals surface area contributed by atoms with Crippen LogP contribution in [-0.2, 0) is 4.79 Å². The van der Waals surface area contributed by atoms with Crippen molar-refractivity contribution in [2.75, 3.05) is 0 Å². The van der Waals surface area contributed by atoms with Crippen molar-refractivity contribution in [1.82, 2.24) is 5.32 Å². The number of nitrogens with one attached hydrogen (secondary N) is 1. The lowest BCUT2D eigenvalue weighted by Crippen LogP contribution is -2.34. The lowest BCUT2D eigenvalue weighted by molar-refractivity contribution is -0.123. The molecule has 4 heteroatoms. The number of amides is 1. The first-order valence-corrected chi connectivity index (χ1v) is 4.46. The molecule has 1 N–H and O–H groups in total. The molecule has 2 nitrogen and oxygen atoms in total. The van der Waals surface area contributed by atoms with Gasteiger partial charge in [-0.25, -0.2) is 0 Å². The predicted octanol–water partition coefficient (Wildman–Crippen LogP) is 1.31. The van der Waals surface area contributed by atoms with Gasteiger partial charge in [-0.3, -0.25) is 4.79 Å². The summed E-state index contributed by atoms with van der Waals surface area (Å²) in [6.07, 6.45) is 0.558. The number of hydrogen-bond donors (Lipinski definition) is 1. The summed E-state index contributed by atoms with van der Waals surface area (Å²) in [4.78, 5) is 11.0. The molecule has 0 radical (unpaired) electrons. The Morgan fingerprint density at radius 3 is 2.82 bits per heavy atom. The molecule has 1 saturated heterocycles. The van der Waals surface area contributed by atoms with E-state index in [1.54, 1.807) is 0 Å². The fraction of sp³-hybridized carbons (Fsp3) is 0.857. The van der Waals surface area contributed by atoms with Crippen LogP contribution in [0.2, 0.25) is 0 Å². The van der Waals surface area contributed by atoms with Crippen molar-refractivity contribution < 1.29 is 4.79 Å². The van der Waals surface area contributed by atoms with E-state index in [1.807, 2.05) is 6.92 Å². The molecule has 2 aliphatic rings. The summed E-state index contributed by atoms with van der Waals surface area (Å²) in [5, 5.41) is 2.77. The third-order valence-electron chi connectivity index (χ3n) is 2.55. The van der Waals surface area contributed by atoms with Crippen molar-refractivity contribution in [1.29, 1.82) is 0 Å². The summed E-state index contributed by atoms with van der Waals surface area (Å²) < 4.78 is -0.689. The maximum Gasteiger partial charge on any atom is 0.220 e. The van der Waals surface area contributed by atoms with E-state index in [0.717, 1.165) is 0 Å². The third-order valence-corrected chi connectivity index (χ3v) is 3.52. The van der Waals surface area contributed by atoms with E-state index in [4.69, 9.17) is 23.2 Å². The molecular formula is C7H9Cl2NO. The SMILES string of the molecule is CC1CC(=O)N[C@H]2[C@H]1C2(Cl)Cl. The molecule has 1 saturated carbocycles. The largest absolute Gasteiger partial charge is 0.350 e. The summed E-state index contributed by atoms with van der Waals surface area (Å²) in [6.45, 7) is 2.02. The Morgan fingerprint density at radius 1 is 1.64 bits per heavy atom. The van der Waals surface area contributed by atoms with Crippen molar-refractivity contribution in [3.63, 3.8) is 0 Å². The second kappa shape index (κ2) is 2.05. The summed E-state index contributed by atoms with van der Waals surface area (Å²) in [5.41, 5.74) is 0. The van der Waals surface area contributed by atoms with Gasteiger partial charge in [0.15, 0.2) is 0 Å². The van der Waals surface area contributed by atoms with Crippen LogP contribution in [0.1, 0.15) is 13.3 Å². The van der Waals surface area contributed by atoms with Gasteiger partial charge in [-0.1, -0.05) is 30.1 Å². The average molecular weight is 194 g/mol. The predicted molar refractivity (Wildman–Crippen MR) is 43.6 cm³/mol. The van der Waals surface area contributed by atoms with Crippen molar-refractivity contribution in [2.24, 2.45) is 11.8 Å². The molecule has 0 aromatic rings. The highest BCUT2D eigenvalue weighted by molar-refractivity contribution is 6.52. The fourth-order valence-electron chi connectivity index (χ4n) is 1.90. The topological polar surface area (TPSA) is 29.1 Å². The van der Waals surface area contributed by atoms with Gasteiger partial charge >= 0.3 is 0 Å². The lowest BCUT2D eigenvalue weighted by Gasteiger charge is -2.15. The second-order valence-electron chi connectivity index (χ2n) is 3.43. The normalized spacial score (nSPS) is 46.1. The van der Waals surface area contributed by atoms with Gasteiger partial charge in [0.25, 0.3) is 0 Å². The molecule has 1 aliphatic carbocycles. The Labute approximate surface area is 75.2 Å².